The average molecular weight is 525 g/mol. The molecule has 2 aliphatic rings. The zero-order chi connectivity index (χ0) is 27.3. The topological polar surface area (TPSA) is 50.8 Å². The fourth-order valence-electron chi connectivity index (χ4n) is 5.98. The van der Waals surface area contributed by atoms with E-state index in [1.165, 1.54) is 12.1 Å². The first-order valence-corrected chi connectivity index (χ1v) is 13.5. The number of anilines is 1. The van der Waals surface area contributed by atoms with E-state index in [0.717, 1.165) is 72.6 Å². The number of imidazole rings is 1. The summed E-state index contributed by atoms with van der Waals surface area (Å²) in [6, 6.07) is 10.9. The zero-order valence-electron chi connectivity index (χ0n) is 22.9. The predicted octanol–water partition coefficient (Wildman–Crippen LogP) is 6.40. The number of hydrogen-bond donors (Lipinski definition) is 0. The van der Waals surface area contributed by atoms with Crippen LogP contribution < -0.4 is 9.64 Å². The van der Waals surface area contributed by atoms with Gasteiger partial charge in [-0.15, -0.1) is 0 Å². The number of fused-ring (bicyclic) bond motifs is 2. The van der Waals surface area contributed by atoms with Crippen molar-refractivity contribution in [1.29, 1.82) is 0 Å². The summed E-state index contributed by atoms with van der Waals surface area (Å²) < 4.78 is 23.4. The lowest BCUT2D eigenvalue weighted by Gasteiger charge is -2.39. The fraction of sp³-hybridized carbons (Fsp3) is 0.387. The van der Waals surface area contributed by atoms with Crippen LogP contribution in [0.3, 0.4) is 0 Å². The van der Waals surface area contributed by atoms with E-state index in [2.05, 4.69) is 53.2 Å². The van der Waals surface area contributed by atoms with Crippen LogP contribution >= 0.6 is 0 Å². The molecule has 39 heavy (non-hydrogen) atoms. The Kier molecular flexibility index (Phi) is 6.27. The molecule has 8 heteroatoms. The lowest BCUT2D eigenvalue weighted by Crippen LogP contribution is -2.45. The van der Waals surface area contributed by atoms with Crippen molar-refractivity contribution in [3.05, 3.63) is 66.2 Å². The first-order chi connectivity index (χ1) is 18.7. The number of aromatic nitrogens is 3. The Hall–Kier alpha value is -3.96. The molecule has 4 heterocycles. The van der Waals surface area contributed by atoms with Gasteiger partial charge in [-0.2, -0.15) is 0 Å². The standard InChI is InChI=1S/C31H33FN6O/c1-31(2)18-37(5)25-9-7-22(15-27(25)39-31)29-28(21-6-8-24(33-3)23(32)14-21)30-26(16-34-29)38(19-35-30)17-20-10-12-36(4)13-11-20/h6-9,14-16,19-20H,10-13,17-18H2,1-2,4-5H3. The summed E-state index contributed by atoms with van der Waals surface area (Å²) >= 11 is 0. The third-order valence-electron chi connectivity index (χ3n) is 7.97. The lowest BCUT2D eigenvalue weighted by atomic mass is 9.96. The monoisotopic (exact) mass is 524 g/mol. The average Bonchev–Trinajstić information content (AvgIpc) is 3.31. The van der Waals surface area contributed by atoms with Gasteiger partial charge in [0, 0.05) is 24.7 Å². The highest BCUT2D eigenvalue weighted by Crippen LogP contribution is 2.42. The minimum atomic E-state index is -0.548. The van der Waals surface area contributed by atoms with Gasteiger partial charge in [0.15, 0.2) is 0 Å². The Morgan fingerprint density at radius 1 is 1.08 bits per heavy atom. The van der Waals surface area contributed by atoms with Crippen molar-refractivity contribution in [2.24, 2.45) is 5.92 Å². The van der Waals surface area contributed by atoms with Crippen LogP contribution in [-0.2, 0) is 6.54 Å². The number of halogens is 1. The molecule has 0 aliphatic carbocycles. The SMILES string of the molecule is [C-]#[N+]c1ccc(-c2c(-c3ccc4c(c3)OC(C)(C)CN4C)ncc3c2ncn3CC2CCN(C)CC2)cc1F. The minimum Gasteiger partial charge on any atom is -0.484 e. The van der Waals surface area contributed by atoms with E-state index in [0.29, 0.717) is 17.2 Å². The molecule has 2 aromatic heterocycles. The molecule has 6 rings (SSSR count). The number of ether oxygens (including phenoxy) is 1. The van der Waals surface area contributed by atoms with Gasteiger partial charge in [-0.1, -0.05) is 18.2 Å². The Labute approximate surface area is 228 Å². The van der Waals surface area contributed by atoms with E-state index in [-0.39, 0.29) is 11.3 Å². The number of nitrogens with zero attached hydrogens (tertiary/aromatic N) is 6. The van der Waals surface area contributed by atoms with Crippen molar-refractivity contribution in [2.75, 3.05) is 38.6 Å². The Balaban J connectivity index is 1.49. The van der Waals surface area contributed by atoms with Gasteiger partial charge in [-0.3, -0.25) is 4.98 Å². The zero-order valence-corrected chi connectivity index (χ0v) is 22.9. The molecule has 0 saturated carbocycles. The van der Waals surface area contributed by atoms with Gasteiger partial charge < -0.3 is 19.1 Å². The molecule has 7 nitrogen and oxygen atoms in total. The fourth-order valence-corrected chi connectivity index (χ4v) is 5.98. The second-order valence-electron chi connectivity index (χ2n) is 11.5. The summed E-state index contributed by atoms with van der Waals surface area (Å²) in [4.78, 5) is 17.7. The largest absolute Gasteiger partial charge is 0.484 e. The highest BCUT2D eigenvalue weighted by molar-refractivity contribution is 5.99. The number of rotatable bonds is 4. The smallest absolute Gasteiger partial charge is 0.222 e. The highest BCUT2D eigenvalue weighted by atomic mass is 19.1. The third kappa shape index (κ3) is 4.72. The minimum absolute atomic E-state index is 0.000629. The first-order valence-electron chi connectivity index (χ1n) is 13.5. The normalized spacial score (nSPS) is 17.6. The van der Waals surface area contributed by atoms with Crippen LogP contribution in [0.15, 0.2) is 48.9 Å². The maximum absolute atomic E-state index is 14.9. The van der Waals surface area contributed by atoms with Crippen molar-refractivity contribution in [3.8, 4) is 28.1 Å². The number of likely N-dealkylation sites (tertiary alicyclic amines) is 1. The van der Waals surface area contributed by atoms with Crippen molar-refractivity contribution >= 4 is 22.4 Å². The van der Waals surface area contributed by atoms with E-state index in [4.69, 9.17) is 21.3 Å². The molecule has 1 fully saturated rings. The first kappa shape index (κ1) is 25.3. The summed E-state index contributed by atoms with van der Waals surface area (Å²) in [6.07, 6.45) is 6.07. The summed E-state index contributed by atoms with van der Waals surface area (Å²) in [5, 5.41) is 0. The van der Waals surface area contributed by atoms with Gasteiger partial charge >= 0.3 is 0 Å². The second kappa shape index (κ2) is 9.65. The molecule has 2 aromatic carbocycles. The van der Waals surface area contributed by atoms with Crippen LogP contribution in [0.2, 0.25) is 0 Å². The summed E-state index contributed by atoms with van der Waals surface area (Å²) in [7, 11) is 4.24. The van der Waals surface area contributed by atoms with Gasteiger partial charge in [-0.25, -0.2) is 14.2 Å². The molecule has 0 radical (unpaired) electrons. The van der Waals surface area contributed by atoms with E-state index in [9.17, 15) is 4.39 Å². The molecule has 0 spiro atoms. The Bertz CT molecular complexity index is 1590. The summed E-state index contributed by atoms with van der Waals surface area (Å²) in [5.41, 5.74) is 5.39. The molecule has 0 N–H and O–H groups in total. The highest BCUT2D eigenvalue weighted by Gasteiger charge is 2.30. The molecule has 0 bridgehead atoms. The quantitative estimate of drug-likeness (QED) is 0.289. The Morgan fingerprint density at radius 3 is 2.59 bits per heavy atom. The van der Waals surface area contributed by atoms with E-state index in [1.54, 1.807) is 6.07 Å². The van der Waals surface area contributed by atoms with Crippen molar-refractivity contribution in [1.82, 2.24) is 19.4 Å². The van der Waals surface area contributed by atoms with Crippen LogP contribution in [0, 0.1) is 18.3 Å². The molecule has 200 valence electrons. The van der Waals surface area contributed by atoms with Crippen LogP contribution in [0.5, 0.6) is 5.75 Å². The van der Waals surface area contributed by atoms with E-state index < -0.39 is 5.82 Å². The number of likely N-dealkylation sites (N-methyl/N-ethyl adjacent to an activating group) is 1. The molecule has 2 aliphatic heterocycles. The van der Waals surface area contributed by atoms with E-state index >= 15 is 0 Å². The molecular formula is C31H33FN6O. The second-order valence-corrected chi connectivity index (χ2v) is 11.5. The number of benzene rings is 2. The van der Waals surface area contributed by atoms with Gasteiger partial charge in [0.1, 0.15) is 22.7 Å². The number of piperidine rings is 1. The van der Waals surface area contributed by atoms with Crippen LogP contribution in [-0.4, -0.2) is 58.8 Å². The van der Waals surface area contributed by atoms with Crippen molar-refractivity contribution in [3.63, 3.8) is 0 Å². The van der Waals surface area contributed by atoms with E-state index in [1.807, 2.05) is 24.7 Å². The maximum Gasteiger partial charge on any atom is 0.222 e. The van der Waals surface area contributed by atoms with Crippen molar-refractivity contribution < 1.29 is 9.13 Å². The van der Waals surface area contributed by atoms with Crippen LogP contribution in [0.25, 0.3) is 38.3 Å². The van der Waals surface area contributed by atoms with Gasteiger partial charge in [0.05, 0.1) is 42.5 Å². The molecule has 1 saturated heterocycles. The van der Waals surface area contributed by atoms with Gasteiger partial charge in [-0.05, 0) is 76.5 Å². The van der Waals surface area contributed by atoms with Crippen molar-refractivity contribution in [2.45, 2.75) is 38.8 Å². The molecular weight excluding hydrogens is 491 g/mol. The van der Waals surface area contributed by atoms with Crippen LogP contribution in [0.1, 0.15) is 26.7 Å². The molecule has 0 atom stereocenters. The van der Waals surface area contributed by atoms with Gasteiger partial charge in [0.2, 0.25) is 5.69 Å². The van der Waals surface area contributed by atoms with Crippen LogP contribution in [0.4, 0.5) is 15.8 Å². The maximum atomic E-state index is 14.9. The Morgan fingerprint density at radius 2 is 1.85 bits per heavy atom. The lowest BCUT2D eigenvalue weighted by molar-refractivity contribution is 0.107. The molecule has 4 aromatic rings. The number of pyridine rings is 1. The number of hydrogen-bond acceptors (Lipinski definition) is 5. The summed E-state index contributed by atoms with van der Waals surface area (Å²) in [6.45, 7) is 15.3. The summed E-state index contributed by atoms with van der Waals surface area (Å²) in [5.74, 6) is 0.824. The predicted molar refractivity (Wildman–Crippen MR) is 153 cm³/mol. The third-order valence-corrected chi connectivity index (χ3v) is 7.97. The van der Waals surface area contributed by atoms with Gasteiger partial charge in [0.25, 0.3) is 0 Å². The molecule has 0 unspecified atom stereocenters. The molecule has 0 amide bonds.